The van der Waals surface area contributed by atoms with E-state index >= 15 is 0 Å². The smallest absolute Gasteiger partial charge is 0.216 e. The second-order valence-electron chi connectivity index (χ2n) is 10.0. The van der Waals surface area contributed by atoms with E-state index in [1.807, 2.05) is 6.07 Å². The number of nitrogens with zero attached hydrogens (tertiary/aromatic N) is 1. The molecular formula is C33H39N3O3. The molecule has 0 aromatic heterocycles. The van der Waals surface area contributed by atoms with Gasteiger partial charge in [-0.05, 0) is 72.4 Å². The van der Waals surface area contributed by atoms with Crippen molar-refractivity contribution in [3.8, 4) is 28.7 Å². The van der Waals surface area contributed by atoms with Gasteiger partial charge in [-0.3, -0.25) is 4.79 Å². The molecule has 0 saturated carbocycles. The molecule has 0 heterocycles. The molecule has 3 aromatic carbocycles. The maximum atomic E-state index is 11.2. The van der Waals surface area contributed by atoms with Gasteiger partial charge in [0.15, 0.2) is 0 Å². The van der Waals surface area contributed by atoms with Crippen LogP contribution in [0.5, 0.6) is 11.5 Å². The molecule has 0 spiro atoms. The van der Waals surface area contributed by atoms with Gasteiger partial charge in [0, 0.05) is 44.6 Å². The van der Waals surface area contributed by atoms with Gasteiger partial charge in [0.25, 0.3) is 0 Å². The van der Waals surface area contributed by atoms with E-state index in [2.05, 4.69) is 72.2 Å². The average Bonchev–Trinajstić information content (AvgIpc) is 3.43. The molecule has 4 rings (SSSR count). The van der Waals surface area contributed by atoms with E-state index in [4.69, 9.17) is 14.7 Å². The summed E-state index contributed by atoms with van der Waals surface area (Å²) in [5, 5.41) is 15.2. The lowest BCUT2D eigenvalue weighted by Crippen LogP contribution is -2.30. The van der Waals surface area contributed by atoms with Crippen LogP contribution in [0.3, 0.4) is 0 Å². The molecule has 0 radical (unpaired) electrons. The van der Waals surface area contributed by atoms with Crippen molar-refractivity contribution in [2.75, 3.05) is 19.7 Å². The van der Waals surface area contributed by atoms with Gasteiger partial charge in [-0.15, -0.1) is 0 Å². The molecule has 0 bridgehead atoms. The third kappa shape index (κ3) is 7.61. The molecule has 3 aromatic rings. The number of nitrogens with one attached hydrogen (secondary N) is 2. The monoisotopic (exact) mass is 525 g/mol. The summed E-state index contributed by atoms with van der Waals surface area (Å²) in [6.07, 6.45) is 5.30. The van der Waals surface area contributed by atoms with Crippen molar-refractivity contribution in [2.45, 2.75) is 65.5 Å². The lowest BCUT2D eigenvalue weighted by atomic mass is 9.97. The highest BCUT2D eigenvalue weighted by Gasteiger charge is 2.24. The fourth-order valence-corrected chi connectivity index (χ4v) is 5.20. The minimum Gasteiger partial charge on any atom is -0.493 e. The summed E-state index contributed by atoms with van der Waals surface area (Å²) in [7, 11) is 0. The zero-order valence-electron chi connectivity index (χ0n) is 23.1. The summed E-state index contributed by atoms with van der Waals surface area (Å²) in [4.78, 5) is 11.2. The van der Waals surface area contributed by atoms with Crippen molar-refractivity contribution < 1.29 is 14.3 Å². The predicted octanol–water partition coefficient (Wildman–Crippen LogP) is 6.03. The number of carbonyl (C=O) groups is 1. The lowest BCUT2D eigenvalue weighted by Gasteiger charge is -2.20. The molecule has 39 heavy (non-hydrogen) atoms. The number of carbonyl (C=O) groups excluding carboxylic acids is 1. The van der Waals surface area contributed by atoms with Gasteiger partial charge in [0.2, 0.25) is 5.91 Å². The quantitative estimate of drug-likeness (QED) is 0.251. The number of nitriles is 1. The third-order valence-corrected chi connectivity index (χ3v) is 7.27. The molecule has 0 saturated heterocycles. The molecule has 0 atom stereocenters. The van der Waals surface area contributed by atoms with Gasteiger partial charge >= 0.3 is 0 Å². The zero-order valence-corrected chi connectivity index (χ0v) is 23.1. The molecular weight excluding hydrogens is 486 g/mol. The first-order valence-corrected chi connectivity index (χ1v) is 14.0. The van der Waals surface area contributed by atoms with Crippen LogP contribution >= 0.6 is 0 Å². The molecule has 2 N–H and O–H groups in total. The van der Waals surface area contributed by atoms with Crippen LogP contribution in [0.1, 0.15) is 60.4 Å². The van der Waals surface area contributed by atoms with E-state index in [0.29, 0.717) is 39.3 Å². The van der Waals surface area contributed by atoms with Crippen LogP contribution in [0.4, 0.5) is 0 Å². The molecule has 1 amide bonds. The van der Waals surface area contributed by atoms with Crippen molar-refractivity contribution in [2.24, 2.45) is 0 Å². The maximum Gasteiger partial charge on any atom is 0.216 e. The summed E-state index contributed by atoms with van der Waals surface area (Å²) < 4.78 is 12.8. The summed E-state index contributed by atoms with van der Waals surface area (Å²) in [6, 6.07) is 21.1. The molecule has 0 fully saturated rings. The van der Waals surface area contributed by atoms with Gasteiger partial charge in [0.1, 0.15) is 18.1 Å². The van der Waals surface area contributed by atoms with Crippen LogP contribution in [0, 0.1) is 18.3 Å². The third-order valence-electron chi connectivity index (χ3n) is 7.27. The Labute approximate surface area is 232 Å². The molecule has 1 aliphatic rings. The Bertz CT molecular complexity index is 1300. The fourth-order valence-electron chi connectivity index (χ4n) is 5.20. The predicted molar refractivity (Wildman–Crippen MR) is 155 cm³/mol. The highest BCUT2D eigenvalue weighted by atomic mass is 16.5. The largest absolute Gasteiger partial charge is 0.493 e. The van der Waals surface area contributed by atoms with Crippen molar-refractivity contribution in [3.05, 3.63) is 82.4 Å². The SMILES string of the molecule is CC(=O)NCCNCc1c(OCCCCC#N)cc(OCc2cccc(-c3ccccc3)c2C)c2c1CCC2. The molecule has 204 valence electrons. The number of ether oxygens (including phenoxy) is 2. The fraction of sp³-hybridized carbons (Fsp3) is 0.394. The number of hydrogen-bond donors (Lipinski definition) is 2. The standard InChI is InChI=1S/C33H39N3O3/c1-24-27(13-9-14-28(24)26-11-5-3-6-12-26)23-39-32-21-33(38-20-8-4-7-17-34)31(29-15-10-16-30(29)32)22-35-18-19-36-25(2)37/h3,5-6,9,11-14,21,35H,4,7-8,10,15-16,18-20,22-23H2,1-2H3,(H,36,37). The Morgan fingerprint density at radius 1 is 0.974 bits per heavy atom. The van der Waals surface area contributed by atoms with Gasteiger partial charge in [0.05, 0.1) is 12.7 Å². The molecule has 6 heteroatoms. The van der Waals surface area contributed by atoms with Crippen molar-refractivity contribution >= 4 is 5.91 Å². The number of unbranched alkanes of at least 4 members (excludes halogenated alkanes) is 2. The topological polar surface area (TPSA) is 83.4 Å². The Morgan fingerprint density at radius 2 is 1.79 bits per heavy atom. The van der Waals surface area contributed by atoms with Crippen molar-refractivity contribution in [1.82, 2.24) is 10.6 Å². The van der Waals surface area contributed by atoms with Gasteiger partial charge in [-0.1, -0.05) is 48.5 Å². The first kappa shape index (κ1) is 28.2. The second kappa shape index (κ2) is 14.4. The van der Waals surface area contributed by atoms with E-state index in [9.17, 15) is 4.79 Å². The van der Waals surface area contributed by atoms with E-state index in [1.54, 1.807) is 0 Å². The summed E-state index contributed by atoms with van der Waals surface area (Å²) in [5.74, 6) is 1.73. The summed E-state index contributed by atoms with van der Waals surface area (Å²) in [6.45, 7) is 6.70. The van der Waals surface area contributed by atoms with Crippen LogP contribution in [0.2, 0.25) is 0 Å². The van der Waals surface area contributed by atoms with E-state index < -0.39 is 0 Å². The second-order valence-corrected chi connectivity index (χ2v) is 10.0. The Morgan fingerprint density at radius 3 is 2.59 bits per heavy atom. The van der Waals surface area contributed by atoms with Crippen LogP contribution in [0.15, 0.2) is 54.6 Å². The Hall–Kier alpha value is -3.82. The molecule has 0 unspecified atom stereocenters. The van der Waals surface area contributed by atoms with Gasteiger partial charge in [-0.25, -0.2) is 0 Å². The van der Waals surface area contributed by atoms with Crippen LogP contribution in [-0.4, -0.2) is 25.6 Å². The number of fused-ring (bicyclic) bond motifs is 1. The molecule has 6 nitrogen and oxygen atoms in total. The van der Waals surface area contributed by atoms with Crippen LogP contribution in [0.25, 0.3) is 11.1 Å². The highest BCUT2D eigenvalue weighted by molar-refractivity contribution is 5.72. The van der Waals surface area contributed by atoms with E-state index in [0.717, 1.165) is 43.6 Å². The van der Waals surface area contributed by atoms with E-state index in [-0.39, 0.29) is 5.91 Å². The molecule has 0 aliphatic heterocycles. The van der Waals surface area contributed by atoms with E-state index in [1.165, 1.54) is 45.9 Å². The number of hydrogen-bond acceptors (Lipinski definition) is 5. The highest BCUT2D eigenvalue weighted by Crippen LogP contribution is 2.40. The number of rotatable bonds is 14. The lowest BCUT2D eigenvalue weighted by molar-refractivity contribution is -0.118. The number of benzene rings is 3. The van der Waals surface area contributed by atoms with Crippen LogP contribution < -0.4 is 20.1 Å². The average molecular weight is 526 g/mol. The zero-order chi connectivity index (χ0) is 27.5. The first-order chi connectivity index (χ1) is 19.1. The summed E-state index contributed by atoms with van der Waals surface area (Å²) >= 11 is 0. The van der Waals surface area contributed by atoms with Gasteiger partial charge < -0.3 is 20.1 Å². The number of amides is 1. The van der Waals surface area contributed by atoms with Crippen LogP contribution in [-0.2, 0) is 30.8 Å². The minimum atomic E-state index is -0.0230. The normalized spacial score (nSPS) is 12.0. The maximum absolute atomic E-state index is 11.2. The Balaban J connectivity index is 1.54. The Kier molecular flexibility index (Phi) is 10.4. The van der Waals surface area contributed by atoms with Crippen molar-refractivity contribution in [3.63, 3.8) is 0 Å². The van der Waals surface area contributed by atoms with Gasteiger partial charge in [-0.2, -0.15) is 5.26 Å². The molecule has 1 aliphatic carbocycles. The minimum absolute atomic E-state index is 0.0230. The van der Waals surface area contributed by atoms with Crippen molar-refractivity contribution in [1.29, 1.82) is 5.26 Å². The first-order valence-electron chi connectivity index (χ1n) is 14.0. The summed E-state index contributed by atoms with van der Waals surface area (Å²) in [5.41, 5.74) is 8.62.